The van der Waals surface area contributed by atoms with Crippen LogP contribution in [0, 0.1) is 10.1 Å². The third-order valence-corrected chi connectivity index (χ3v) is 3.49. The molecule has 0 aliphatic rings. The van der Waals surface area contributed by atoms with Gasteiger partial charge in [-0.15, -0.1) is 0 Å². The molecule has 3 aromatic rings. The van der Waals surface area contributed by atoms with Crippen LogP contribution in [0.3, 0.4) is 0 Å². The Bertz CT molecular complexity index is 914. The molecule has 3 rings (SSSR count). The van der Waals surface area contributed by atoms with Gasteiger partial charge in [-0.3, -0.25) is 10.1 Å². The van der Waals surface area contributed by atoms with Gasteiger partial charge in [0.15, 0.2) is 0 Å². The number of methoxy groups -OCH3 is 2. The Morgan fingerprint density at radius 1 is 1.08 bits per heavy atom. The normalized spacial score (nSPS) is 10.4. The first-order valence-corrected chi connectivity index (χ1v) is 7.00. The number of anilines is 2. The van der Waals surface area contributed by atoms with E-state index < -0.39 is 4.92 Å². The van der Waals surface area contributed by atoms with Gasteiger partial charge in [-0.25, -0.2) is 9.97 Å². The number of ether oxygens (including phenoxy) is 2. The number of hydrogen-bond acceptors (Lipinski definition) is 7. The molecule has 8 nitrogen and oxygen atoms in total. The number of hydrogen-bond donors (Lipinski definition) is 1. The molecule has 0 saturated carbocycles. The summed E-state index contributed by atoms with van der Waals surface area (Å²) in [5.74, 6) is 1.67. The van der Waals surface area contributed by atoms with E-state index in [1.807, 2.05) is 0 Å². The topological polar surface area (TPSA) is 99.4 Å². The molecule has 0 saturated heterocycles. The van der Waals surface area contributed by atoms with Gasteiger partial charge in [0.25, 0.3) is 5.69 Å². The maximum absolute atomic E-state index is 11.0. The predicted molar refractivity (Wildman–Crippen MR) is 89.0 cm³/mol. The Labute approximate surface area is 137 Å². The lowest BCUT2D eigenvalue weighted by Crippen LogP contribution is -1.99. The highest BCUT2D eigenvalue weighted by Crippen LogP contribution is 2.33. The summed E-state index contributed by atoms with van der Waals surface area (Å²) < 4.78 is 10.5. The highest BCUT2D eigenvalue weighted by molar-refractivity contribution is 5.92. The largest absolute Gasteiger partial charge is 0.497 e. The molecule has 122 valence electrons. The molecule has 0 unspecified atom stereocenters. The molecule has 24 heavy (non-hydrogen) atoms. The zero-order valence-electron chi connectivity index (χ0n) is 13.0. The van der Waals surface area contributed by atoms with Crippen molar-refractivity contribution in [3.05, 3.63) is 52.8 Å². The fraction of sp³-hybridized carbons (Fsp3) is 0.125. The maximum Gasteiger partial charge on any atom is 0.270 e. The van der Waals surface area contributed by atoms with E-state index in [0.717, 1.165) is 0 Å². The van der Waals surface area contributed by atoms with Gasteiger partial charge in [0.05, 0.1) is 30.3 Å². The first-order chi connectivity index (χ1) is 11.6. The van der Waals surface area contributed by atoms with Gasteiger partial charge in [0.1, 0.15) is 23.6 Å². The van der Waals surface area contributed by atoms with Crippen LogP contribution in [0.15, 0.2) is 42.7 Å². The van der Waals surface area contributed by atoms with Crippen LogP contribution in [0.1, 0.15) is 0 Å². The fourth-order valence-corrected chi connectivity index (χ4v) is 2.30. The third-order valence-electron chi connectivity index (χ3n) is 3.49. The molecule has 0 atom stereocenters. The van der Waals surface area contributed by atoms with Crippen molar-refractivity contribution in [3.63, 3.8) is 0 Å². The number of nitrogens with one attached hydrogen (secondary N) is 1. The Morgan fingerprint density at radius 3 is 2.62 bits per heavy atom. The summed E-state index contributed by atoms with van der Waals surface area (Å²) in [7, 11) is 3.12. The summed E-state index contributed by atoms with van der Waals surface area (Å²) in [6.07, 6.45) is 1.39. The zero-order valence-corrected chi connectivity index (χ0v) is 13.0. The van der Waals surface area contributed by atoms with Crippen LogP contribution in [-0.2, 0) is 0 Å². The summed E-state index contributed by atoms with van der Waals surface area (Å²) >= 11 is 0. The first kappa shape index (κ1) is 15.5. The van der Waals surface area contributed by atoms with Crippen LogP contribution in [0.5, 0.6) is 11.5 Å². The number of non-ortho nitro benzene ring substituents is 1. The van der Waals surface area contributed by atoms with Crippen LogP contribution in [-0.4, -0.2) is 29.1 Å². The van der Waals surface area contributed by atoms with Gasteiger partial charge in [-0.1, -0.05) is 0 Å². The number of nitro groups is 1. The van der Waals surface area contributed by atoms with Crippen LogP contribution in [0.2, 0.25) is 0 Å². The summed E-state index contributed by atoms with van der Waals surface area (Å²) in [5.41, 5.74) is 1.20. The van der Waals surface area contributed by atoms with Gasteiger partial charge in [-0.05, 0) is 18.2 Å². The summed E-state index contributed by atoms with van der Waals surface area (Å²) in [6, 6.07) is 9.71. The molecule has 0 aliphatic heterocycles. The summed E-state index contributed by atoms with van der Waals surface area (Å²) in [6.45, 7) is 0. The van der Waals surface area contributed by atoms with Crippen molar-refractivity contribution >= 4 is 28.1 Å². The Balaban J connectivity index is 2.10. The minimum absolute atomic E-state index is 0.0297. The van der Waals surface area contributed by atoms with Crippen molar-refractivity contribution < 1.29 is 14.4 Å². The molecule has 0 spiro atoms. The van der Waals surface area contributed by atoms with Gasteiger partial charge in [0.2, 0.25) is 0 Å². The van der Waals surface area contributed by atoms with E-state index >= 15 is 0 Å². The van der Waals surface area contributed by atoms with Crippen molar-refractivity contribution in [1.82, 2.24) is 9.97 Å². The second kappa shape index (κ2) is 6.37. The van der Waals surface area contributed by atoms with E-state index in [-0.39, 0.29) is 5.69 Å². The fourth-order valence-electron chi connectivity index (χ4n) is 2.30. The molecule has 0 fully saturated rings. The minimum Gasteiger partial charge on any atom is -0.497 e. The van der Waals surface area contributed by atoms with Crippen LogP contribution in [0.4, 0.5) is 17.2 Å². The molecule has 1 N–H and O–H groups in total. The second-order valence-electron chi connectivity index (χ2n) is 4.87. The maximum atomic E-state index is 11.0. The first-order valence-electron chi connectivity index (χ1n) is 7.00. The molecule has 0 aliphatic carbocycles. The van der Waals surface area contributed by atoms with Crippen molar-refractivity contribution in [2.45, 2.75) is 0 Å². The van der Waals surface area contributed by atoms with E-state index in [1.165, 1.54) is 18.5 Å². The highest BCUT2D eigenvalue weighted by atomic mass is 16.6. The average molecular weight is 326 g/mol. The van der Waals surface area contributed by atoms with Crippen LogP contribution < -0.4 is 14.8 Å². The molecular weight excluding hydrogens is 312 g/mol. The Kier molecular flexibility index (Phi) is 4.11. The highest BCUT2D eigenvalue weighted by Gasteiger charge is 2.13. The van der Waals surface area contributed by atoms with Gasteiger partial charge < -0.3 is 14.8 Å². The smallest absolute Gasteiger partial charge is 0.270 e. The van der Waals surface area contributed by atoms with Crippen molar-refractivity contribution in [3.8, 4) is 11.5 Å². The quantitative estimate of drug-likeness (QED) is 0.567. The molecule has 8 heteroatoms. The predicted octanol–water partition coefficient (Wildman–Crippen LogP) is 3.30. The number of nitrogens with zero attached hydrogens (tertiary/aromatic N) is 3. The lowest BCUT2D eigenvalue weighted by molar-refractivity contribution is -0.384. The monoisotopic (exact) mass is 326 g/mol. The van der Waals surface area contributed by atoms with E-state index in [1.54, 1.807) is 38.5 Å². The van der Waals surface area contributed by atoms with E-state index in [2.05, 4.69) is 15.3 Å². The molecule has 1 aromatic heterocycles. The van der Waals surface area contributed by atoms with Gasteiger partial charge in [-0.2, -0.15) is 0 Å². The number of benzene rings is 2. The van der Waals surface area contributed by atoms with E-state index in [9.17, 15) is 10.1 Å². The molecule has 0 bridgehead atoms. The van der Waals surface area contributed by atoms with Crippen LogP contribution in [0.25, 0.3) is 10.9 Å². The van der Waals surface area contributed by atoms with Crippen molar-refractivity contribution in [2.24, 2.45) is 0 Å². The Hall–Kier alpha value is -3.42. The second-order valence-corrected chi connectivity index (χ2v) is 4.87. The molecule has 1 heterocycles. The minimum atomic E-state index is -0.456. The third kappa shape index (κ3) is 2.89. The lowest BCUT2D eigenvalue weighted by atomic mass is 10.2. The SMILES string of the molecule is COc1ccc(OC)c(Nc2ncnc3ccc([N+](=O)[O-])cc23)c1. The molecule has 0 amide bonds. The summed E-state index contributed by atoms with van der Waals surface area (Å²) in [5, 5.41) is 14.7. The van der Waals surface area contributed by atoms with E-state index in [0.29, 0.717) is 33.9 Å². The van der Waals surface area contributed by atoms with E-state index in [4.69, 9.17) is 9.47 Å². The zero-order chi connectivity index (χ0) is 17.1. The van der Waals surface area contributed by atoms with Crippen molar-refractivity contribution in [1.29, 1.82) is 0 Å². The van der Waals surface area contributed by atoms with Gasteiger partial charge in [0, 0.05) is 23.6 Å². The molecule has 2 aromatic carbocycles. The average Bonchev–Trinajstić information content (AvgIpc) is 2.61. The Morgan fingerprint density at radius 2 is 1.92 bits per heavy atom. The number of nitro benzene ring substituents is 1. The number of aromatic nitrogens is 2. The van der Waals surface area contributed by atoms with Gasteiger partial charge >= 0.3 is 0 Å². The summed E-state index contributed by atoms with van der Waals surface area (Å²) in [4.78, 5) is 18.9. The number of fused-ring (bicyclic) bond motifs is 1. The van der Waals surface area contributed by atoms with Crippen LogP contribution >= 0.6 is 0 Å². The lowest BCUT2D eigenvalue weighted by Gasteiger charge is -2.13. The number of rotatable bonds is 5. The van der Waals surface area contributed by atoms with Crippen molar-refractivity contribution in [2.75, 3.05) is 19.5 Å². The standard InChI is InChI=1S/C16H14N4O4/c1-23-11-4-6-15(24-2)14(8-11)19-16-12-7-10(20(21)22)3-5-13(12)17-9-18-16/h3-9H,1-2H3,(H,17,18,19). The molecule has 0 radical (unpaired) electrons. The molecular formula is C16H14N4O4.